The van der Waals surface area contributed by atoms with E-state index in [0.717, 1.165) is 5.56 Å². The van der Waals surface area contributed by atoms with Gasteiger partial charge in [0.1, 0.15) is 11.8 Å². The first kappa shape index (κ1) is 22.3. The number of nitrogens with one attached hydrogen (secondary N) is 4. The van der Waals surface area contributed by atoms with E-state index in [-0.39, 0.29) is 17.3 Å². The first-order valence-electron chi connectivity index (χ1n) is 7.86. The van der Waals surface area contributed by atoms with Crippen LogP contribution in [0.5, 0.6) is 5.75 Å². The standard InChI is InChI=1S/C16H22N6O3S2/c1-9(19-21-15(26)17-3)10(2)20-22-16(27)18-13(14(24)25)8-11-4-6-12(23)7-5-11/h4-7,13,23H,8H2,1-3H3,(H,24,25)(H2,17,21,26)(H2,18,22,27). The van der Waals surface area contributed by atoms with Crippen molar-refractivity contribution >= 4 is 52.1 Å². The van der Waals surface area contributed by atoms with E-state index in [1.165, 1.54) is 12.1 Å². The average molecular weight is 411 g/mol. The Kier molecular flexibility index (Phi) is 9.09. The number of hydrogen-bond acceptors (Lipinski definition) is 6. The van der Waals surface area contributed by atoms with E-state index in [1.807, 2.05) is 0 Å². The molecule has 1 atom stereocenters. The van der Waals surface area contributed by atoms with Crippen LogP contribution in [-0.2, 0) is 11.2 Å². The number of carboxylic acid groups (broad SMARTS) is 1. The predicted octanol–water partition coefficient (Wildman–Crippen LogP) is 0.698. The Morgan fingerprint density at radius 1 is 1.07 bits per heavy atom. The van der Waals surface area contributed by atoms with Crippen LogP contribution in [0.15, 0.2) is 34.5 Å². The molecule has 0 saturated carbocycles. The topological polar surface area (TPSA) is 130 Å². The second-order valence-electron chi connectivity index (χ2n) is 5.43. The van der Waals surface area contributed by atoms with Crippen molar-refractivity contribution < 1.29 is 15.0 Å². The van der Waals surface area contributed by atoms with E-state index in [4.69, 9.17) is 24.4 Å². The third-order valence-corrected chi connectivity index (χ3v) is 3.89. The Bertz CT molecular complexity index is 749. The summed E-state index contributed by atoms with van der Waals surface area (Å²) in [7, 11) is 1.67. The van der Waals surface area contributed by atoms with Gasteiger partial charge in [-0.05, 0) is 56.0 Å². The van der Waals surface area contributed by atoms with Crippen molar-refractivity contribution in [2.24, 2.45) is 10.2 Å². The highest BCUT2D eigenvalue weighted by Crippen LogP contribution is 2.11. The molecule has 0 spiro atoms. The maximum Gasteiger partial charge on any atom is 0.326 e. The smallest absolute Gasteiger partial charge is 0.326 e. The van der Waals surface area contributed by atoms with Crippen molar-refractivity contribution in [3.63, 3.8) is 0 Å². The molecule has 0 aliphatic heterocycles. The lowest BCUT2D eigenvalue weighted by atomic mass is 10.1. The van der Waals surface area contributed by atoms with Crippen LogP contribution >= 0.6 is 24.4 Å². The molecule has 0 fully saturated rings. The summed E-state index contributed by atoms with van der Waals surface area (Å²) in [4.78, 5) is 11.4. The van der Waals surface area contributed by atoms with Gasteiger partial charge in [-0.15, -0.1) is 0 Å². The SMILES string of the molecule is CNC(=S)NN=C(C)C(C)=NNC(=S)NC(Cc1ccc(O)cc1)C(=O)O. The minimum absolute atomic E-state index is 0.0621. The molecule has 1 aromatic rings. The molecular formula is C16H22N6O3S2. The summed E-state index contributed by atoms with van der Waals surface area (Å²) in [5.41, 5.74) is 7.08. The number of rotatable bonds is 7. The van der Waals surface area contributed by atoms with Gasteiger partial charge in [0.2, 0.25) is 0 Å². The molecule has 9 nitrogen and oxygen atoms in total. The third kappa shape index (κ3) is 8.42. The van der Waals surface area contributed by atoms with Crippen LogP contribution in [0.3, 0.4) is 0 Å². The molecule has 0 saturated heterocycles. The second kappa shape index (κ2) is 11.0. The third-order valence-electron chi connectivity index (χ3n) is 3.38. The zero-order valence-corrected chi connectivity index (χ0v) is 16.7. The lowest BCUT2D eigenvalue weighted by molar-refractivity contribution is -0.139. The van der Waals surface area contributed by atoms with E-state index in [0.29, 0.717) is 16.5 Å². The van der Waals surface area contributed by atoms with Gasteiger partial charge in [0, 0.05) is 13.5 Å². The summed E-state index contributed by atoms with van der Waals surface area (Å²) in [5.74, 6) is -0.946. The van der Waals surface area contributed by atoms with Crippen molar-refractivity contribution in [2.75, 3.05) is 7.05 Å². The van der Waals surface area contributed by atoms with Crippen LogP contribution in [0.4, 0.5) is 0 Å². The highest BCUT2D eigenvalue weighted by molar-refractivity contribution is 7.80. The van der Waals surface area contributed by atoms with Gasteiger partial charge in [0.05, 0.1) is 11.4 Å². The molecule has 146 valence electrons. The quantitative estimate of drug-likeness (QED) is 0.218. The number of thiocarbonyl (C=S) groups is 2. The van der Waals surface area contributed by atoms with Crippen molar-refractivity contribution in [3.8, 4) is 5.75 Å². The highest BCUT2D eigenvalue weighted by atomic mass is 32.1. The molecule has 11 heteroatoms. The molecule has 6 N–H and O–H groups in total. The zero-order valence-electron chi connectivity index (χ0n) is 15.1. The lowest BCUT2D eigenvalue weighted by Crippen LogP contribution is -2.46. The van der Waals surface area contributed by atoms with E-state index in [2.05, 4.69) is 31.7 Å². The number of phenolic OH excluding ortho intramolecular Hbond substituents is 1. The Morgan fingerprint density at radius 3 is 2.07 bits per heavy atom. The number of aliphatic carboxylic acids is 1. The lowest BCUT2D eigenvalue weighted by Gasteiger charge is -2.16. The number of nitrogens with zero attached hydrogens (tertiary/aromatic N) is 2. The van der Waals surface area contributed by atoms with Crippen molar-refractivity contribution in [1.82, 2.24) is 21.5 Å². The molecule has 0 aromatic heterocycles. The number of phenols is 1. The predicted molar refractivity (Wildman–Crippen MR) is 113 cm³/mol. The summed E-state index contributed by atoms with van der Waals surface area (Å²) >= 11 is 10.0. The fourth-order valence-electron chi connectivity index (χ4n) is 1.75. The normalized spacial score (nSPS) is 12.7. The van der Waals surface area contributed by atoms with Crippen molar-refractivity contribution in [3.05, 3.63) is 29.8 Å². The fourth-order valence-corrected chi connectivity index (χ4v) is 1.98. The van der Waals surface area contributed by atoms with Crippen molar-refractivity contribution in [1.29, 1.82) is 0 Å². The van der Waals surface area contributed by atoms with Gasteiger partial charge in [0.15, 0.2) is 10.2 Å². The summed E-state index contributed by atoms with van der Waals surface area (Å²) in [6, 6.07) is 5.33. The minimum atomic E-state index is -1.06. The number of carboxylic acids is 1. The number of hydrazone groups is 2. The first-order valence-corrected chi connectivity index (χ1v) is 8.68. The van der Waals surface area contributed by atoms with Crippen LogP contribution in [0.2, 0.25) is 0 Å². The molecule has 1 aromatic carbocycles. The van der Waals surface area contributed by atoms with E-state index >= 15 is 0 Å². The monoisotopic (exact) mass is 410 g/mol. The molecule has 27 heavy (non-hydrogen) atoms. The average Bonchev–Trinajstić information content (AvgIpc) is 2.64. The van der Waals surface area contributed by atoms with Gasteiger partial charge in [-0.25, -0.2) is 4.79 Å². The minimum Gasteiger partial charge on any atom is -0.508 e. The Hall–Kier alpha value is -2.79. The number of aromatic hydroxyl groups is 1. The van der Waals surface area contributed by atoms with Gasteiger partial charge < -0.3 is 20.8 Å². The van der Waals surface area contributed by atoms with E-state index in [1.54, 1.807) is 33.0 Å². The van der Waals surface area contributed by atoms with Crippen LogP contribution in [0.1, 0.15) is 19.4 Å². The van der Waals surface area contributed by atoms with Crippen molar-refractivity contribution in [2.45, 2.75) is 26.3 Å². The van der Waals surface area contributed by atoms with Gasteiger partial charge >= 0.3 is 5.97 Å². The Labute approximate surface area is 167 Å². The maximum absolute atomic E-state index is 11.4. The zero-order chi connectivity index (χ0) is 20.4. The summed E-state index contributed by atoms with van der Waals surface area (Å²) in [6.07, 6.45) is 0.187. The van der Waals surface area contributed by atoms with Crippen LogP contribution in [0.25, 0.3) is 0 Å². The van der Waals surface area contributed by atoms with Crippen LogP contribution in [-0.4, -0.2) is 50.9 Å². The van der Waals surface area contributed by atoms with Gasteiger partial charge in [-0.3, -0.25) is 10.9 Å². The molecule has 0 heterocycles. The fraction of sp³-hybridized carbons (Fsp3) is 0.312. The van der Waals surface area contributed by atoms with Gasteiger partial charge in [-0.1, -0.05) is 12.1 Å². The van der Waals surface area contributed by atoms with E-state index in [9.17, 15) is 15.0 Å². The summed E-state index contributed by atoms with van der Waals surface area (Å²) in [6.45, 7) is 3.44. The second-order valence-corrected chi connectivity index (χ2v) is 6.25. The largest absolute Gasteiger partial charge is 0.508 e. The molecule has 0 bridgehead atoms. The van der Waals surface area contributed by atoms with Gasteiger partial charge in [-0.2, -0.15) is 10.2 Å². The molecule has 1 rings (SSSR count). The van der Waals surface area contributed by atoms with E-state index < -0.39 is 12.0 Å². The number of benzene rings is 1. The number of hydrogen-bond donors (Lipinski definition) is 6. The highest BCUT2D eigenvalue weighted by Gasteiger charge is 2.19. The summed E-state index contributed by atoms with van der Waals surface area (Å²) in [5, 5.41) is 32.6. The molecule has 0 radical (unpaired) electrons. The number of carbonyl (C=O) groups is 1. The Morgan fingerprint density at radius 2 is 1.59 bits per heavy atom. The molecule has 1 unspecified atom stereocenters. The summed E-state index contributed by atoms with van der Waals surface area (Å²) < 4.78 is 0. The molecular weight excluding hydrogens is 388 g/mol. The van der Waals surface area contributed by atoms with Gasteiger partial charge in [0.25, 0.3) is 0 Å². The molecule has 0 aliphatic carbocycles. The van der Waals surface area contributed by atoms with Crippen LogP contribution < -0.4 is 21.5 Å². The first-order chi connectivity index (χ1) is 12.7. The maximum atomic E-state index is 11.4. The molecule has 0 aliphatic rings. The van der Waals surface area contributed by atoms with Crippen LogP contribution in [0, 0.1) is 0 Å². The Balaban J connectivity index is 2.64. The molecule has 0 amide bonds.